The summed E-state index contributed by atoms with van der Waals surface area (Å²) >= 11 is 0. The minimum Gasteiger partial charge on any atom is -0.493 e. The van der Waals surface area contributed by atoms with E-state index in [1.165, 1.54) is 12.0 Å². The fraction of sp³-hybridized carbons (Fsp3) is 0.318. The molecular formula is C22H24N4O5. The minimum atomic E-state index is -0.794. The molecule has 9 nitrogen and oxygen atoms in total. The number of benzene rings is 2. The number of imide groups is 1. The number of nitrogens with one attached hydrogen (secondary N) is 3. The Morgan fingerprint density at radius 2 is 1.77 bits per heavy atom. The van der Waals surface area contributed by atoms with Gasteiger partial charge in [-0.2, -0.15) is 0 Å². The Hall–Kier alpha value is -3.75. The highest BCUT2D eigenvalue weighted by molar-refractivity contribution is 6.00. The lowest BCUT2D eigenvalue weighted by Gasteiger charge is -2.46. The maximum Gasteiger partial charge on any atom is 0.326 e. The van der Waals surface area contributed by atoms with Crippen LogP contribution in [0.1, 0.15) is 24.1 Å². The number of fused-ring (bicyclic) bond motifs is 1. The van der Waals surface area contributed by atoms with Gasteiger partial charge in [0, 0.05) is 6.54 Å². The Bertz CT molecular complexity index is 997. The average Bonchev–Trinajstić information content (AvgIpc) is 2.77. The van der Waals surface area contributed by atoms with Gasteiger partial charge in [0.05, 0.1) is 19.8 Å². The van der Waals surface area contributed by atoms with E-state index >= 15 is 0 Å². The van der Waals surface area contributed by atoms with Crippen LogP contribution in [0.3, 0.4) is 0 Å². The summed E-state index contributed by atoms with van der Waals surface area (Å²) in [5, 5.41) is 7.99. The second-order valence-corrected chi connectivity index (χ2v) is 7.32. The molecule has 2 saturated heterocycles. The van der Waals surface area contributed by atoms with Crippen molar-refractivity contribution in [3.63, 3.8) is 0 Å². The standard InChI is InChI=1S/C22H24N4O5/c1-3-31-15-10-9-14(11-16(15)30-2)18-17-19(24-21(28)23-18)26(22(29)25-20(17)27)12-13-7-5-4-6-8-13/h4-11,17-19H,3,12H2,1-2H3,(H2,23,24,28)(H,25,27,29). The third kappa shape index (κ3) is 3.98. The molecule has 2 aliphatic rings. The van der Waals surface area contributed by atoms with Gasteiger partial charge in [0.2, 0.25) is 5.91 Å². The number of amides is 5. The zero-order chi connectivity index (χ0) is 22.0. The van der Waals surface area contributed by atoms with E-state index in [1.54, 1.807) is 18.2 Å². The Labute approximate surface area is 179 Å². The molecule has 0 spiro atoms. The van der Waals surface area contributed by atoms with Gasteiger partial charge in [-0.05, 0) is 30.2 Å². The van der Waals surface area contributed by atoms with Crippen molar-refractivity contribution >= 4 is 18.0 Å². The molecule has 3 N–H and O–H groups in total. The zero-order valence-electron chi connectivity index (χ0n) is 17.3. The number of carbonyl (C=O) groups is 3. The molecule has 2 heterocycles. The SMILES string of the molecule is CCOc1ccc(C2NC(=O)NC3C2C(=O)NC(=O)N3Cc2ccccc2)cc1OC. The maximum absolute atomic E-state index is 12.8. The molecule has 2 aromatic rings. The van der Waals surface area contributed by atoms with Gasteiger partial charge in [-0.3, -0.25) is 15.0 Å². The number of ether oxygens (including phenoxy) is 2. The smallest absolute Gasteiger partial charge is 0.326 e. The second kappa shape index (κ2) is 8.55. The molecule has 0 bridgehead atoms. The Balaban J connectivity index is 1.68. The van der Waals surface area contributed by atoms with Gasteiger partial charge >= 0.3 is 12.1 Å². The normalized spacial score (nSPS) is 22.7. The lowest BCUT2D eigenvalue weighted by atomic mass is 9.86. The molecule has 0 aromatic heterocycles. The predicted molar refractivity (Wildman–Crippen MR) is 111 cm³/mol. The van der Waals surface area contributed by atoms with Crippen LogP contribution in [0.15, 0.2) is 48.5 Å². The number of nitrogens with zero attached hydrogens (tertiary/aromatic N) is 1. The number of rotatable bonds is 6. The first-order valence-corrected chi connectivity index (χ1v) is 10.0. The topological polar surface area (TPSA) is 109 Å². The molecule has 4 rings (SSSR count). The van der Waals surface area contributed by atoms with Gasteiger partial charge in [0.25, 0.3) is 0 Å². The van der Waals surface area contributed by atoms with Crippen LogP contribution in [0.2, 0.25) is 0 Å². The Morgan fingerprint density at radius 3 is 2.48 bits per heavy atom. The van der Waals surface area contributed by atoms with E-state index in [9.17, 15) is 14.4 Å². The lowest BCUT2D eigenvalue weighted by Crippen LogP contribution is -2.71. The molecule has 3 atom stereocenters. The highest BCUT2D eigenvalue weighted by Crippen LogP contribution is 2.36. The van der Waals surface area contributed by atoms with Gasteiger partial charge in [-0.25, -0.2) is 9.59 Å². The van der Waals surface area contributed by atoms with Crippen molar-refractivity contribution in [2.75, 3.05) is 13.7 Å². The number of methoxy groups -OCH3 is 1. The third-order valence-electron chi connectivity index (χ3n) is 5.44. The molecule has 0 radical (unpaired) electrons. The molecule has 0 aliphatic carbocycles. The van der Waals surface area contributed by atoms with E-state index in [0.717, 1.165) is 5.56 Å². The van der Waals surface area contributed by atoms with Crippen molar-refractivity contribution in [1.82, 2.24) is 20.9 Å². The highest BCUT2D eigenvalue weighted by atomic mass is 16.5. The van der Waals surface area contributed by atoms with Gasteiger partial charge in [0.1, 0.15) is 12.1 Å². The fourth-order valence-corrected chi connectivity index (χ4v) is 4.03. The van der Waals surface area contributed by atoms with E-state index in [4.69, 9.17) is 9.47 Å². The van der Waals surface area contributed by atoms with E-state index in [2.05, 4.69) is 16.0 Å². The van der Waals surface area contributed by atoms with Crippen molar-refractivity contribution in [2.24, 2.45) is 5.92 Å². The molecule has 0 saturated carbocycles. The monoisotopic (exact) mass is 424 g/mol. The summed E-state index contributed by atoms with van der Waals surface area (Å²) in [5.74, 6) is -0.122. The van der Waals surface area contributed by atoms with Gasteiger partial charge in [-0.1, -0.05) is 36.4 Å². The second-order valence-electron chi connectivity index (χ2n) is 7.32. The van der Waals surface area contributed by atoms with E-state index in [-0.39, 0.29) is 6.54 Å². The molecular weight excluding hydrogens is 400 g/mol. The average molecular weight is 424 g/mol. The summed E-state index contributed by atoms with van der Waals surface area (Å²) in [6.07, 6.45) is -0.794. The molecule has 3 unspecified atom stereocenters. The molecule has 2 aliphatic heterocycles. The van der Waals surface area contributed by atoms with E-state index in [0.29, 0.717) is 23.7 Å². The van der Waals surface area contributed by atoms with Crippen molar-refractivity contribution < 1.29 is 23.9 Å². The van der Waals surface area contributed by atoms with Crippen LogP contribution < -0.4 is 25.4 Å². The van der Waals surface area contributed by atoms with Crippen molar-refractivity contribution in [1.29, 1.82) is 0 Å². The highest BCUT2D eigenvalue weighted by Gasteiger charge is 2.50. The largest absolute Gasteiger partial charge is 0.493 e. The maximum atomic E-state index is 12.8. The molecule has 162 valence electrons. The quantitative estimate of drug-likeness (QED) is 0.658. The first-order valence-electron chi connectivity index (χ1n) is 10.0. The summed E-state index contributed by atoms with van der Waals surface area (Å²) in [4.78, 5) is 39.4. The molecule has 9 heteroatoms. The van der Waals surface area contributed by atoms with E-state index < -0.39 is 36.1 Å². The number of urea groups is 2. The molecule has 5 amide bonds. The third-order valence-corrected chi connectivity index (χ3v) is 5.44. The van der Waals surface area contributed by atoms with Crippen LogP contribution >= 0.6 is 0 Å². The Kier molecular flexibility index (Phi) is 5.66. The van der Waals surface area contributed by atoms with Gasteiger partial charge < -0.3 is 20.1 Å². The molecule has 31 heavy (non-hydrogen) atoms. The number of carbonyl (C=O) groups excluding carboxylic acids is 3. The number of hydrogen-bond donors (Lipinski definition) is 3. The Morgan fingerprint density at radius 1 is 1.00 bits per heavy atom. The van der Waals surface area contributed by atoms with Crippen LogP contribution in [0.4, 0.5) is 9.59 Å². The summed E-state index contributed by atoms with van der Waals surface area (Å²) < 4.78 is 11.0. The molecule has 2 fully saturated rings. The van der Waals surface area contributed by atoms with E-state index in [1.807, 2.05) is 37.3 Å². The van der Waals surface area contributed by atoms with Crippen molar-refractivity contribution in [2.45, 2.75) is 25.7 Å². The summed E-state index contributed by atoms with van der Waals surface area (Å²) in [7, 11) is 1.53. The first kappa shape index (κ1) is 20.5. The lowest BCUT2D eigenvalue weighted by molar-refractivity contribution is -0.130. The van der Waals surface area contributed by atoms with Crippen LogP contribution in [-0.2, 0) is 11.3 Å². The first-order chi connectivity index (χ1) is 15.0. The molecule has 2 aromatic carbocycles. The minimum absolute atomic E-state index is 0.251. The predicted octanol–water partition coefficient (Wildman–Crippen LogP) is 2.14. The summed E-state index contributed by atoms with van der Waals surface area (Å²) in [6.45, 7) is 2.60. The summed E-state index contributed by atoms with van der Waals surface area (Å²) in [5.41, 5.74) is 1.56. The van der Waals surface area contributed by atoms with Gasteiger partial charge in [-0.15, -0.1) is 0 Å². The zero-order valence-corrected chi connectivity index (χ0v) is 17.3. The van der Waals surface area contributed by atoms with Crippen LogP contribution in [0.25, 0.3) is 0 Å². The summed E-state index contributed by atoms with van der Waals surface area (Å²) in [6, 6.07) is 13.0. The number of hydrogen-bond acceptors (Lipinski definition) is 5. The van der Waals surface area contributed by atoms with Crippen LogP contribution in [0.5, 0.6) is 11.5 Å². The van der Waals surface area contributed by atoms with Crippen molar-refractivity contribution in [3.8, 4) is 11.5 Å². The fourth-order valence-electron chi connectivity index (χ4n) is 4.03. The van der Waals surface area contributed by atoms with Crippen molar-refractivity contribution in [3.05, 3.63) is 59.7 Å². The van der Waals surface area contributed by atoms with Crippen LogP contribution in [-0.4, -0.2) is 42.8 Å². The van der Waals surface area contributed by atoms with Gasteiger partial charge in [0.15, 0.2) is 11.5 Å². The van der Waals surface area contributed by atoms with Crippen LogP contribution in [0, 0.1) is 5.92 Å².